The molecular weight excluding hydrogens is 260 g/mol. The van der Waals surface area contributed by atoms with Crippen molar-refractivity contribution in [1.29, 1.82) is 5.26 Å². The van der Waals surface area contributed by atoms with Crippen LogP contribution >= 0.6 is 11.6 Å². The molecule has 1 heterocycles. The SMILES string of the molecule is CCC(N)C(c1ccccc1Cl)n1ccnc1C#N. The molecule has 0 bridgehead atoms. The van der Waals surface area contributed by atoms with Crippen LogP contribution in [-0.2, 0) is 0 Å². The summed E-state index contributed by atoms with van der Waals surface area (Å²) in [5.74, 6) is 0.341. The van der Waals surface area contributed by atoms with Crippen LogP contribution in [0.4, 0.5) is 0 Å². The molecule has 0 saturated heterocycles. The maximum Gasteiger partial charge on any atom is 0.213 e. The summed E-state index contributed by atoms with van der Waals surface area (Å²) in [6, 6.07) is 9.31. The standard InChI is InChI=1S/C14H15ClN4/c1-2-12(17)14(10-5-3-4-6-11(10)15)19-8-7-18-13(19)9-16/h3-8,12,14H,2,17H2,1H3. The van der Waals surface area contributed by atoms with Crippen molar-refractivity contribution in [2.75, 3.05) is 0 Å². The molecule has 98 valence electrons. The van der Waals surface area contributed by atoms with E-state index in [-0.39, 0.29) is 12.1 Å². The average Bonchev–Trinajstić information content (AvgIpc) is 2.89. The first kappa shape index (κ1) is 13.6. The molecule has 4 nitrogen and oxygen atoms in total. The van der Waals surface area contributed by atoms with Crippen LogP contribution < -0.4 is 5.73 Å². The molecule has 2 aromatic rings. The van der Waals surface area contributed by atoms with Crippen molar-refractivity contribution >= 4 is 11.6 Å². The molecule has 0 aliphatic carbocycles. The molecule has 19 heavy (non-hydrogen) atoms. The second-order valence-electron chi connectivity index (χ2n) is 4.31. The van der Waals surface area contributed by atoms with Gasteiger partial charge in [-0.1, -0.05) is 36.7 Å². The fourth-order valence-electron chi connectivity index (χ4n) is 2.15. The van der Waals surface area contributed by atoms with Gasteiger partial charge in [-0.15, -0.1) is 0 Å². The molecule has 0 spiro atoms. The molecule has 2 N–H and O–H groups in total. The highest BCUT2D eigenvalue weighted by atomic mass is 35.5. The number of aromatic nitrogens is 2. The summed E-state index contributed by atoms with van der Waals surface area (Å²) in [7, 11) is 0. The molecule has 2 unspecified atom stereocenters. The third kappa shape index (κ3) is 2.62. The Balaban J connectivity index is 2.55. The van der Waals surface area contributed by atoms with E-state index in [0.717, 1.165) is 12.0 Å². The van der Waals surface area contributed by atoms with Gasteiger partial charge < -0.3 is 10.3 Å². The first-order chi connectivity index (χ1) is 9.19. The topological polar surface area (TPSA) is 67.6 Å². The molecule has 0 fully saturated rings. The van der Waals surface area contributed by atoms with Crippen LogP contribution in [0.5, 0.6) is 0 Å². The van der Waals surface area contributed by atoms with Gasteiger partial charge in [-0.05, 0) is 18.1 Å². The van der Waals surface area contributed by atoms with Gasteiger partial charge in [0.05, 0.1) is 6.04 Å². The van der Waals surface area contributed by atoms with Crippen LogP contribution in [0.25, 0.3) is 0 Å². The summed E-state index contributed by atoms with van der Waals surface area (Å²) in [6.07, 6.45) is 4.14. The molecule has 1 aromatic carbocycles. The molecule has 5 heteroatoms. The van der Waals surface area contributed by atoms with Gasteiger partial charge in [0.2, 0.25) is 5.82 Å². The van der Waals surface area contributed by atoms with Gasteiger partial charge in [-0.2, -0.15) is 5.26 Å². The highest BCUT2D eigenvalue weighted by Crippen LogP contribution is 2.29. The number of hydrogen-bond donors (Lipinski definition) is 1. The van der Waals surface area contributed by atoms with E-state index in [1.165, 1.54) is 0 Å². The molecule has 0 radical (unpaired) electrons. The van der Waals surface area contributed by atoms with Crippen LogP contribution in [0.15, 0.2) is 36.7 Å². The first-order valence-corrected chi connectivity index (χ1v) is 6.49. The van der Waals surface area contributed by atoms with E-state index in [9.17, 15) is 0 Å². The van der Waals surface area contributed by atoms with Crippen molar-refractivity contribution in [2.24, 2.45) is 5.73 Å². The van der Waals surface area contributed by atoms with E-state index in [1.54, 1.807) is 17.0 Å². The van der Waals surface area contributed by atoms with Crippen molar-refractivity contribution in [3.8, 4) is 6.07 Å². The Labute approximate surface area is 117 Å². The average molecular weight is 275 g/mol. The van der Waals surface area contributed by atoms with E-state index in [1.807, 2.05) is 31.2 Å². The Morgan fingerprint density at radius 2 is 2.21 bits per heavy atom. The minimum absolute atomic E-state index is 0.138. The third-order valence-electron chi connectivity index (χ3n) is 3.17. The summed E-state index contributed by atoms with van der Waals surface area (Å²) in [4.78, 5) is 4.03. The molecule has 0 saturated carbocycles. The van der Waals surface area contributed by atoms with Crippen LogP contribution in [0.3, 0.4) is 0 Å². The molecule has 0 aliphatic heterocycles. The maximum atomic E-state index is 9.12. The van der Waals surface area contributed by atoms with E-state index in [4.69, 9.17) is 22.6 Å². The van der Waals surface area contributed by atoms with Crippen molar-refractivity contribution in [1.82, 2.24) is 9.55 Å². The zero-order chi connectivity index (χ0) is 13.8. The van der Waals surface area contributed by atoms with Gasteiger partial charge in [-0.25, -0.2) is 4.98 Å². The lowest BCUT2D eigenvalue weighted by Crippen LogP contribution is -2.33. The summed E-state index contributed by atoms with van der Waals surface area (Å²) < 4.78 is 1.79. The number of hydrogen-bond acceptors (Lipinski definition) is 3. The molecule has 1 aromatic heterocycles. The summed E-state index contributed by atoms with van der Waals surface area (Å²) >= 11 is 6.26. The van der Waals surface area contributed by atoms with Gasteiger partial charge in [0.15, 0.2) is 0 Å². The second-order valence-corrected chi connectivity index (χ2v) is 4.72. The quantitative estimate of drug-likeness (QED) is 0.932. The lowest BCUT2D eigenvalue weighted by atomic mass is 9.97. The zero-order valence-electron chi connectivity index (χ0n) is 10.6. The second kappa shape index (κ2) is 5.87. The summed E-state index contributed by atoms with van der Waals surface area (Å²) in [6.45, 7) is 2.01. The summed E-state index contributed by atoms with van der Waals surface area (Å²) in [5.41, 5.74) is 7.13. The maximum absolute atomic E-state index is 9.12. The first-order valence-electron chi connectivity index (χ1n) is 6.12. The van der Waals surface area contributed by atoms with Gasteiger partial charge in [0, 0.05) is 23.5 Å². The lowest BCUT2D eigenvalue weighted by molar-refractivity contribution is 0.455. The number of imidazole rings is 1. The number of benzene rings is 1. The van der Waals surface area contributed by atoms with Gasteiger partial charge in [-0.3, -0.25) is 0 Å². The van der Waals surface area contributed by atoms with E-state index < -0.39 is 0 Å². The number of rotatable bonds is 4. The molecule has 0 aliphatic rings. The van der Waals surface area contributed by atoms with Gasteiger partial charge >= 0.3 is 0 Å². The Bertz CT molecular complexity index is 597. The van der Waals surface area contributed by atoms with Crippen molar-refractivity contribution in [3.63, 3.8) is 0 Å². The fraction of sp³-hybridized carbons (Fsp3) is 0.286. The number of nitrogens with zero attached hydrogens (tertiary/aromatic N) is 3. The summed E-state index contributed by atoms with van der Waals surface area (Å²) in [5, 5.41) is 9.77. The monoisotopic (exact) mass is 274 g/mol. The smallest absolute Gasteiger partial charge is 0.213 e. The van der Waals surface area contributed by atoms with E-state index in [0.29, 0.717) is 10.8 Å². The number of nitrogens with two attached hydrogens (primary N) is 1. The largest absolute Gasteiger partial charge is 0.326 e. The Morgan fingerprint density at radius 1 is 1.47 bits per heavy atom. The molecule has 2 atom stereocenters. The Morgan fingerprint density at radius 3 is 2.84 bits per heavy atom. The zero-order valence-corrected chi connectivity index (χ0v) is 11.4. The van der Waals surface area contributed by atoms with Gasteiger partial charge in [0.1, 0.15) is 6.07 Å². The van der Waals surface area contributed by atoms with Crippen LogP contribution in [-0.4, -0.2) is 15.6 Å². The highest BCUT2D eigenvalue weighted by molar-refractivity contribution is 6.31. The van der Waals surface area contributed by atoms with Gasteiger partial charge in [0.25, 0.3) is 0 Å². The van der Waals surface area contributed by atoms with Crippen LogP contribution in [0.1, 0.15) is 30.8 Å². The van der Waals surface area contributed by atoms with Crippen LogP contribution in [0, 0.1) is 11.3 Å². The Kier molecular flexibility index (Phi) is 4.20. The minimum Gasteiger partial charge on any atom is -0.326 e. The van der Waals surface area contributed by atoms with Crippen molar-refractivity contribution in [3.05, 3.63) is 53.1 Å². The number of halogens is 1. The lowest BCUT2D eigenvalue weighted by Gasteiger charge is -2.26. The predicted octanol–water partition coefficient (Wildman–Crippen LogP) is 2.73. The highest BCUT2D eigenvalue weighted by Gasteiger charge is 2.24. The van der Waals surface area contributed by atoms with Crippen LogP contribution in [0.2, 0.25) is 5.02 Å². The number of nitriles is 1. The third-order valence-corrected chi connectivity index (χ3v) is 3.51. The van der Waals surface area contributed by atoms with Crippen molar-refractivity contribution < 1.29 is 0 Å². The molecular formula is C14H15ClN4. The van der Waals surface area contributed by atoms with E-state index in [2.05, 4.69) is 11.1 Å². The normalized spacial score (nSPS) is 13.8. The minimum atomic E-state index is -0.184. The fourth-order valence-corrected chi connectivity index (χ4v) is 2.40. The van der Waals surface area contributed by atoms with Crippen molar-refractivity contribution in [2.45, 2.75) is 25.4 Å². The predicted molar refractivity (Wildman–Crippen MR) is 74.8 cm³/mol. The Hall–Kier alpha value is -1.83. The van der Waals surface area contributed by atoms with E-state index >= 15 is 0 Å². The molecule has 2 rings (SSSR count). The molecule has 0 amide bonds.